The molecule has 2 aromatic rings. The minimum Gasteiger partial charge on any atom is -0.480 e. The average molecular weight is 483 g/mol. The van der Waals surface area contributed by atoms with E-state index in [1.165, 1.54) is 18.9 Å². The van der Waals surface area contributed by atoms with Crippen molar-refractivity contribution in [3.05, 3.63) is 59.7 Å². The zero-order valence-corrected chi connectivity index (χ0v) is 20.3. The van der Waals surface area contributed by atoms with Crippen LogP contribution < -0.4 is 5.32 Å². The minimum absolute atomic E-state index is 0.0415. The molecule has 7 nitrogen and oxygen atoms in total. The van der Waals surface area contributed by atoms with E-state index in [4.69, 9.17) is 4.74 Å². The number of rotatable bonds is 7. The number of carbonyl (C=O) groups is 3. The van der Waals surface area contributed by atoms with Gasteiger partial charge in [-0.25, -0.2) is 9.59 Å². The maximum Gasteiger partial charge on any atom is 0.407 e. The second-order valence-corrected chi connectivity index (χ2v) is 10.3. The highest BCUT2D eigenvalue weighted by molar-refractivity contribution is 7.99. The molecule has 1 fully saturated rings. The van der Waals surface area contributed by atoms with E-state index in [1.807, 2.05) is 24.3 Å². The lowest BCUT2D eigenvalue weighted by atomic mass is 9.87. The maximum absolute atomic E-state index is 12.9. The van der Waals surface area contributed by atoms with Crippen molar-refractivity contribution in [3.8, 4) is 11.1 Å². The molecule has 4 rings (SSSR count). The Morgan fingerprint density at radius 2 is 1.65 bits per heavy atom. The number of alkyl carbamates (subject to hydrolysis) is 1. The zero-order chi connectivity index (χ0) is 24.3. The number of likely N-dealkylation sites (N-methyl/N-ethyl adjacent to an activating group) is 1. The number of nitrogens with zero attached hydrogens (tertiary/aromatic N) is 1. The first-order chi connectivity index (χ1) is 16.3. The van der Waals surface area contributed by atoms with Crippen LogP contribution in [0.3, 0.4) is 0 Å². The van der Waals surface area contributed by atoms with Gasteiger partial charge in [-0.3, -0.25) is 4.79 Å². The molecule has 0 spiro atoms. The number of hydrogen-bond acceptors (Lipinski definition) is 5. The number of amides is 2. The van der Waals surface area contributed by atoms with Gasteiger partial charge in [0.15, 0.2) is 0 Å². The molecule has 1 aliphatic carbocycles. The standard InChI is InChI=1S/C26H30N2O5S/c1-17(24(30)31)28(2)23(29)15-26(11-13-34-14-12-26)27-25(32)33-16-22-20-9-5-3-7-18(20)19-8-4-6-10-21(19)22/h3-10,17,22H,11-16H2,1-2H3,(H,27,32)(H,30,31). The topological polar surface area (TPSA) is 95.9 Å². The molecule has 1 atom stereocenters. The van der Waals surface area contributed by atoms with E-state index in [-0.39, 0.29) is 24.9 Å². The van der Waals surface area contributed by atoms with Crippen molar-refractivity contribution in [1.29, 1.82) is 0 Å². The number of nitrogens with one attached hydrogen (secondary N) is 1. The van der Waals surface area contributed by atoms with Gasteiger partial charge in [0.1, 0.15) is 12.6 Å². The summed E-state index contributed by atoms with van der Waals surface area (Å²) in [4.78, 5) is 38.3. The fraction of sp³-hybridized carbons (Fsp3) is 0.423. The van der Waals surface area contributed by atoms with Crippen LogP contribution in [0.1, 0.15) is 43.2 Å². The average Bonchev–Trinajstić information content (AvgIpc) is 3.16. The van der Waals surface area contributed by atoms with Crippen molar-refractivity contribution in [2.24, 2.45) is 0 Å². The Morgan fingerprint density at radius 1 is 1.09 bits per heavy atom. The molecule has 0 radical (unpaired) electrons. The Labute approximate surface area is 203 Å². The molecule has 2 N–H and O–H groups in total. The lowest BCUT2D eigenvalue weighted by molar-refractivity contribution is -0.148. The Balaban J connectivity index is 1.44. The molecule has 2 amide bonds. The number of benzene rings is 2. The van der Waals surface area contributed by atoms with Crippen molar-refractivity contribution in [3.63, 3.8) is 0 Å². The van der Waals surface area contributed by atoms with E-state index < -0.39 is 23.6 Å². The smallest absolute Gasteiger partial charge is 0.407 e. The first-order valence-corrected chi connectivity index (χ1v) is 12.7. The summed E-state index contributed by atoms with van der Waals surface area (Å²) in [5, 5.41) is 12.2. The molecule has 0 aromatic heterocycles. The van der Waals surface area contributed by atoms with Crippen LogP contribution in [0.2, 0.25) is 0 Å². The van der Waals surface area contributed by atoms with Crippen molar-refractivity contribution in [1.82, 2.24) is 10.2 Å². The summed E-state index contributed by atoms with van der Waals surface area (Å²) in [5.74, 6) is 0.221. The van der Waals surface area contributed by atoms with E-state index in [0.717, 1.165) is 33.8 Å². The predicted molar refractivity (Wildman–Crippen MR) is 132 cm³/mol. The summed E-state index contributed by atoms with van der Waals surface area (Å²) in [6.45, 7) is 1.68. The first-order valence-electron chi connectivity index (χ1n) is 11.5. The summed E-state index contributed by atoms with van der Waals surface area (Å²) in [7, 11) is 1.49. The Kier molecular flexibility index (Phi) is 7.16. The normalized spacial score (nSPS) is 17.2. The number of hydrogen-bond donors (Lipinski definition) is 2. The van der Waals surface area contributed by atoms with Crippen LogP contribution in [0.15, 0.2) is 48.5 Å². The number of carbonyl (C=O) groups excluding carboxylic acids is 2. The van der Waals surface area contributed by atoms with Crippen LogP contribution >= 0.6 is 11.8 Å². The molecule has 2 aromatic carbocycles. The van der Waals surface area contributed by atoms with Crippen LogP contribution in [0.5, 0.6) is 0 Å². The summed E-state index contributed by atoms with van der Waals surface area (Å²) in [5.41, 5.74) is 3.86. The highest BCUT2D eigenvalue weighted by Gasteiger charge is 2.39. The minimum atomic E-state index is -1.06. The molecule has 1 heterocycles. The third-order valence-electron chi connectivity index (χ3n) is 6.98. The summed E-state index contributed by atoms with van der Waals surface area (Å²) in [6, 6.07) is 15.4. The van der Waals surface area contributed by atoms with Crippen molar-refractivity contribution in [2.45, 2.75) is 43.7 Å². The quantitative estimate of drug-likeness (QED) is 0.617. The highest BCUT2D eigenvalue weighted by Crippen LogP contribution is 2.44. The fourth-order valence-electron chi connectivity index (χ4n) is 4.75. The SMILES string of the molecule is CC(C(=O)O)N(C)C(=O)CC1(NC(=O)OCC2c3ccccc3-c3ccccc32)CCSCC1. The third-order valence-corrected chi connectivity index (χ3v) is 7.97. The molecule has 180 valence electrons. The fourth-order valence-corrected chi connectivity index (χ4v) is 6.03. The Hall–Kier alpha value is -3.00. The van der Waals surface area contributed by atoms with Gasteiger partial charge in [0.05, 0.1) is 12.0 Å². The van der Waals surface area contributed by atoms with Gasteiger partial charge in [-0.05, 0) is 53.5 Å². The monoisotopic (exact) mass is 482 g/mol. The van der Waals surface area contributed by atoms with Gasteiger partial charge in [-0.2, -0.15) is 11.8 Å². The number of ether oxygens (including phenoxy) is 1. The van der Waals surface area contributed by atoms with E-state index >= 15 is 0 Å². The number of thioether (sulfide) groups is 1. The van der Waals surface area contributed by atoms with E-state index in [1.54, 1.807) is 11.8 Å². The molecule has 2 aliphatic rings. The summed E-state index contributed by atoms with van der Waals surface area (Å²) >= 11 is 1.78. The van der Waals surface area contributed by atoms with Gasteiger partial charge in [-0.1, -0.05) is 48.5 Å². The van der Waals surface area contributed by atoms with Gasteiger partial charge in [0.2, 0.25) is 5.91 Å². The van der Waals surface area contributed by atoms with E-state index in [2.05, 4.69) is 29.6 Å². The van der Waals surface area contributed by atoms with Gasteiger partial charge in [-0.15, -0.1) is 0 Å². The summed E-state index contributed by atoms with van der Waals surface area (Å²) in [6.07, 6.45) is 0.757. The molecule has 1 unspecified atom stereocenters. The van der Waals surface area contributed by atoms with E-state index in [0.29, 0.717) is 12.8 Å². The van der Waals surface area contributed by atoms with Crippen LogP contribution in [-0.4, -0.2) is 64.7 Å². The number of aliphatic carboxylic acids is 1. The van der Waals surface area contributed by atoms with Gasteiger partial charge in [0, 0.05) is 13.0 Å². The molecule has 0 bridgehead atoms. The molecular formula is C26H30N2O5S. The van der Waals surface area contributed by atoms with Crippen molar-refractivity contribution < 1.29 is 24.2 Å². The molecule has 1 aliphatic heterocycles. The second kappa shape index (κ2) is 10.1. The second-order valence-electron chi connectivity index (χ2n) is 9.04. The van der Waals surface area contributed by atoms with Gasteiger partial charge in [0.25, 0.3) is 0 Å². The lowest BCUT2D eigenvalue weighted by Crippen LogP contribution is -2.54. The van der Waals surface area contributed by atoms with Gasteiger partial charge < -0.3 is 20.1 Å². The van der Waals surface area contributed by atoms with Crippen LogP contribution in [0.25, 0.3) is 11.1 Å². The predicted octanol–water partition coefficient (Wildman–Crippen LogP) is 4.11. The molecule has 8 heteroatoms. The van der Waals surface area contributed by atoms with Crippen LogP contribution in [0.4, 0.5) is 4.79 Å². The number of fused-ring (bicyclic) bond motifs is 3. The van der Waals surface area contributed by atoms with Crippen molar-refractivity contribution in [2.75, 3.05) is 25.2 Å². The van der Waals surface area contributed by atoms with E-state index in [9.17, 15) is 19.5 Å². The first kappa shape index (κ1) is 24.1. The number of carboxylic acids is 1. The Morgan fingerprint density at radius 3 is 2.21 bits per heavy atom. The number of carboxylic acid groups (broad SMARTS) is 1. The molecule has 1 saturated heterocycles. The van der Waals surface area contributed by atoms with Crippen LogP contribution in [0, 0.1) is 0 Å². The Bertz CT molecular complexity index is 1040. The highest BCUT2D eigenvalue weighted by atomic mass is 32.2. The lowest BCUT2D eigenvalue weighted by Gasteiger charge is -2.38. The summed E-state index contributed by atoms with van der Waals surface area (Å²) < 4.78 is 5.72. The maximum atomic E-state index is 12.9. The van der Waals surface area contributed by atoms with Gasteiger partial charge >= 0.3 is 12.1 Å². The largest absolute Gasteiger partial charge is 0.480 e. The molecule has 34 heavy (non-hydrogen) atoms. The van der Waals surface area contributed by atoms with Crippen molar-refractivity contribution >= 4 is 29.7 Å². The molecular weight excluding hydrogens is 452 g/mol. The van der Waals surface area contributed by atoms with Crippen LogP contribution in [-0.2, 0) is 14.3 Å². The zero-order valence-electron chi connectivity index (χ0n) is 19.5. The third kappa shape index (κ3) is 4.92. The molecule has 0 saturated carbocycles.